The van der Waals surface area contributed by atoms with Crippen LogP contribution in [0.1, 0.15) is 37.6 Å². The lowest BCUT2D eigenvalue weighted by atomic mass is 9.69. The number of fused-ring (bicyclic) bond motifs is 1. The van der Waals surface area contributed by atoms with Gasteiger partial charge in [0.15, 0.2) is 0 Å². The first-order valence-corrected chi connectivity index (χ1v) is 12.2. The number of nitrogens with one attached hydrogen (secondary N) is 2. The van der Waals surface area contributed by atoms with Gasteiger partial charge in [-0.15, -0.1) is 5.10 Å². The van der Waals surface area contributed by atoms with E-state index in [0.717, 1.165) is 0 Å². The van der Waals surface area contributed by atoms with Gasteiger partial charge in [0.25, 0.3) is 0 Å². The van der Waals surface area contributed by atoms with Crippen molar-refractivity contribution in [3.05, 3.63) is 75.7 Å². The Labute approximate surface area is 226 Å². The third kappa shape index (κ3) is 5.49. The van der Waals surface area contributed by atoms with E-state index in [1.807, 2.05) is 18.2 Å². The maximum Gasteiger partial charge on any atom is 0.129 e. The highest BCUT2D eigenvalue weighted by Gasteiger charge is 2.33. The highest BCUT2D eigenvalue weighted by Crippen LogP contribution is 2.38. The van der Waals surface area contributed by atoms with Gasteiger partial charge >= 0.3 is 0 Å². The van der Waals surface area contributed by atoms with Gasteiger partial charge in [-0.05, 0) is 29.2 Å². The Hall–Kier alpha value is -3.79. The summed E-state index contributed by atoms with van der Waals surface area (Å²) in [5.74, 6) is 0. The molecule has 0 saturated heterocycles. The van der Waals surface area contributed by atoms with Gasteiger partial charge in [0.2, 0.25) is 0 Å². The summed E-state index contributed by atoms with van der Waals surface area (Å²) >= 11 is 13.2. The summed E-state index contributed by atoms with van der Waals surface area (Å²) in [6.45, 7) is 6.93. The van der Waals surface area contributed by atoms with Gasteiger partial charge in [0, 0.05) is 28.8 Å². The molecule has 0 saturated carbocycles. The van der Waals surface area contributed by atoms with Crippen LogP contribution in [0.3, 0.4) is 0 Å². The zero-order valence-electron chi connectivity index (χ0n) is 20.5. The van der Waals surface area contributed by atoms with Crippen molar-refractivity contribution in [1.29, 1.82) is 10.5 Å². The van der Waals surface area contributed by atoms with Crippen molar-refractivity contribution in [2.24, 2.45) is 5.41 Å². The third-order valence-electron chi connectivity index (χ3n) is 5.66. The number of pyridine rings is 1. The van der Waals surface area contributed by atoms with Crippen LogP contribution in [0.4, 0.5) is 11.4 Å². The van der Waals surface area contributed by atoms with Crippen LogP contribution in [0, 0.1) is 28.1 Å². The fourth-order valence-corrected chi connectivity index (χ4v) is 4.42. The molecule has 2 aromatic heterocycles. The smallest absolute Gasteiger partial charge is 0.129 e. The molecule has 2 N–H and O–H groups in total. The van der Waals surface area contributed by atoms with E-state index < -0.39 is 5.44 Å². The average molecular weight is 529 g/mol. The summed E-state index contributed by atoms with van der Waals surface area (Å²) in [5.41, 5.74) is 1.56. The largest absolute Gasteiger partial charge is 0.383 e. The van der Waals surface area contributed by atoms with Crippen LogP contribution in [0.25, 0.3) is 10.9 Å². The Morgan fingerprint density at radius 3 is 2.54 bits per heavy atom. The first-order valence-electron chi connectivity index (χ1n) is 11.4. The van der Waals surface area contributed by atoms with E-state index >= 15 is 0 Å². The second kappa shape index (κ2) is 10.3. The fourth-order valence-electron chi connectivity index (χ4n) is 3.87. The van der Waals surface area contributed by atoms with Crippen molar-refractivity contribution in [2.45, 2.75) is 32.8 Å². The number of nitrogens with zero attached hydrogens (tertiary/aromatic N) is 6. The SMILES string of the molecule is [B]C(Nc1cc(Cl)c2ncc(C#N)c(NCC(C)(C)C)c2c1)(c1cn(CC#N)nn1)c1ccccc1Cl. The highest BCUT2D eigenvalue weighted by atomic mass is 35.5. The number of anilines is 2. The molecule has 184 valence electrons. The molecule has 2 radical (unpaired) electrons. The molecule has 0 aliphatic rings. The maximum absolute atomic E-state index is 9.75. The van der Waals surface area contributed by atoms with Crippen LogP contribution in [-0.2, 0) is 12.0 Å². The Bertz CT molecular complexity index is 1550. The number of aromatic nitrogens is 4. The summed E-state index contributed by atoms with van der Waals surface area (Å²) in [6.07, 6.45) is 3.10. The first-order chi connectivity index (χ1) is 17.6. The van der Waals surface area contributed by atoms with E-state index in [9.17, 15) is 5.26 Å². The predicted molar refractivity (Wildman–Crippen MR) is 147 cm³/mol. The molecule has 2 aromatic carbocycles. The second-order valence-corrected chi connectivity index (χ2v) is 10.6. The van der Waals surface area contributed by atoms with Gasteiger partial charge < -0.3 is 10.6 Å². The zero-order chi connectivity index (χ0) is 26.8. The van der Waals surface area contributed by atoms with Crippen molar-refractivity contribution in [2.75, 3.05) is 17.2 Å². The molecule has 0 aliphatic carbocycles. The number of rotatable bonds is 7. The molecule has 2 heterocycles. The minimum absolute atomic E-state index is 0.0127. The van der Waals surface area contributed by atoms with Crippen molar-refractivity contribution < 1.29 is 0 Å². The number of hydrogen-bond donors (Lipinski definition) is 2. The van der Waals surface area contributed by atoms with Gasteiger partial charge in [-0.2, -0.15) is 10.5 Å². The van der Waals surface area contributed by atoms with E-state index in [1.54, 1.807) is 30.5 Å². The molecule has 0 fully saturated rings. The molecule has 0 bridgehead atoms. The van der Waals surface area contributed by atoms with E-state index in [-0.39, 0.29) is 12.0 Å². The van der Waals surface area contributed by atoms with Crippen molar-refractivity contribution in [3.63, 3.8) is 0 Å². The van der Waals surface area contributed by atoms with Crippen LogP contribution < -0.4 is 10.6 Å². The first kappa shape index (κ1) is 26.3. The Kier molecular flexibility index (Phi) is 7.31. The third-order valence-corrected chi connectivity index (χ3v) is 6.27. The van der Waals surface area contributed by atoms with Gasteiger partial charge in [-0.3, -0.25) is 4.98 Å². The molecule has 11 heteroatoms. The molecular formula is C26H23BCl2N8. The van der Waals surface area contributed by atoms with Gasteiger partial charge in [-0.25, -0.2) is 4.68 Å². The lowest BCUT2D eigenvalue weighted by Gasteiger charge is -2.32. The normalized spacial score (nSPS) is 12.9. The quantitative estimate of drug-likeness (QED) is 0.305. The Morgan fingerprint density at radius 1 is 1.11 bits per heavy atom. The minimum Gasteiger partial charge on any atom is -0.383 e. The monoisotopic (exact) mass is 528 g/mol. The molecule has 0 aliphatic heterocycles. The minimum atomic E-state index is -1.43. The van der Waals surface area contributed by atoms with Crippen molar-refractivity contribution >= 4 is 53.3 Å². The second-order valence-electron chi connectivity index (χ2n) is 9.80. The molecule has 4 rings (SSSR count). The van der Waals surface area contributed by atoms with E-state index in [1.165, 1.54) is 10.9 Å². The predicted octanol–water partition coefficient (Wildman–Crippen LogP) is 5.47. The van der Waals surface area contributed by atoms with Crippen LogP contribution >= 0.6 is 23.2 Å². The Balaban J connectivity index is 1.88. The molecule has 0 amide bonds. The van der Waals surface area contributed by atoms with Crippen molar-refractivity contribution in [3.8, 4) is 12.1 Å². The fraction of sp³-hybridized carbons (Fsp3) is 0.269. The van der Waals surface area contributed by atoms with E-state index in [0.29, 0.717) is 55.7 Å². The zero-order valence-corrected chi connectivity index (χ0v) is 22.1. The van der Waals surface area contributed by atoms with Gasteiger partial charge in [-0.1, -0.05) is 67.4 Å². The molecule has 0 spiro atoms. The summed E-state index contributed by atoms with van der Waals surface area (Å²) in [7, 11) is 6.97. The summed E-state index contributed by atoms with van der Waals surface area (Å²) in [6, 6.07) is 14.9. The summed E-state index contributed by atoms with van der Waals surface area (Å²) in [4.78, 5) is 4.42. The van der Waals surface area contributed by atoms with Crippen LogP contribution in [0.2, 0.25) is 10.0 Å². The van der Waals surface area contributed by atoms with E-state index in [4.69, 9.17) is 36.3 Å². The number of halogens is 2. The van der Waals surface area contributed by atoms with Crippen LogP contribution in [-0.4, -0.2) is 34.4 Å². The highest BCUT2D eigenvalue weighted by molar-refractivity contribution is 6.36. The van der Waals surface area contributed by atoms with Crippen LogP contribution in [0.15, 0.2) is 48.8 Å². The van der Waals surface area contributed by atoms with Gasteiger partial charge in [0.05, 0.1) is 39.5 Å². The standard InChI is InChI=1S/C26H23BCl2N8/c1-25(2,3)15-33-23-16(12-31)13-32-24-18(23)10-17(11-21(24)29)34-26(27,19-6-4-5-7-20(19)28)22-14-37(9-8-30)36-35-22/h4-7,10-11,13-14,34H,9,15H2,1-3H3,(H,32,33). The summed E-state index contributed by atoms with van der Waals surface area (Å²) < 4.78 is 1.39. The molecule has 8 nitrogen and oxygen atoms in total. The molecular weight excluding hydrogens is 506 g/mol. The number of nitriles is 2. The molecule has 1 atom stereocenters. The molecule has 37 heavy (non-hydrogen) atoms. The Morgan fingerprint density at radius 2 is 1.86 bits per heavy atom. The molecule has 4 aromatic rings. The number of benzene rings is 2. The number of hydrogen-bond acceptors (Lipinski definition) is 7. The maximum atomic E-state index is 9.75. The summed E-state index contributed by atoms with van der Waals surface area (Å²) in [5, 5.41) is 35.2. The van der Waals surface area contributed by atoms with Crippen molar-refractivity contribution in [1.82, 2.24) is 20.0 Å². The van der Waals surface area contributed by atoms with Gasteiger partial charge in [0.1, 0.15) is 26.2 Å². The molecule has 1 unspecified atom stereocenters. The van der Waals surface area contributed by atoms with Crippen LogP contribution in [0.5, 0.6) is 0 Å². The average Bonchev–Trinajstić information content (AvgIpc) is 3.32. The topological polar surface area (TPSA) is 115 Å². The lowest BCUT2D eigenvalue weighted by molar-refractivity contribution is 0.443. The lowest BCUT2D eigenvalue weighted by Crippen LogP contribution is -2.38. The van der Waals surface area contributed by atoms with E-state index in [2.05, 4.69) is 52.8 Å².